The molecule has 0 aliphatic heterocycles. The molecule has 0 amide bonds. The average Bonchev–Trinajstić information content (AvgIpc) is 2.37. The third kappa shape index (κ3) is 3.20. The molecule has 1 aromatic rings. The molecule has 102 valence electrons. The fraction of sp³-hybridized carbons (Fsp3) is 0.583. The number of aromatic nitrogens is 1. The Balaban J connectivity index is 3.08. The lowest BCUT2D eigenvalue weighted by Crippen LogP contribution is -2.47. The molecule has 1 heterocycles. The maximum Gasteiger partial charge on any atom is 0.247 e. The van der Waals surface area contributed by atoms with Crippen LogP contribution in [0.5, 0.6) is 0 Å². The van der Waals surface area contributed by atoms with Crippen molar-refractivity contribution in [3.8, 4) is 0 Å². The van der Waals surface area contributed by atoms with Crippen LogP contribution in [-0.2, 0) is 10.0 Å². The summed E-state index contributed by atoms with van der Waals surface area (Å²) in [7, 11) is -3.59. The number of hydrogen-bond acceptors (Lipinski definition) is 3. The van der Waals surface area contributed by atoms with E-state index in [0.29, 0.717) is 0 Å². The van der Waals surface area contributed by atoms with Gasteiger partial charge in [-0.15, -0.1) is 0 Å². The molecule has 18 heavy (non-hydrogen) atoms. The van der Waals surface area contributed by atoms with Crippen molar-refractivity contribution in [2.24, 2.45) is 0 Å². The van der Waals surface area contributed by atoms with Crippen molar-refractivity contribution in [1.29, 1.82) is 0 Å². The Morgan fingerprint density at radius 3 is 2.11 bits per heavy atom. The third-order valence-electron chi connectivity index (χ3n) is 3.45. The van der Waals surface area contributed by atoms with Gasteiger partial charge in [-0.2, -0.15) is 0 Å². The monoisotopic (exact) mass is 272 g/mol. The summed E-state index contributed by atoms with van der Waals surface area (Å²) in [6.45, 7) is 5.88. The first-order chi connectivity index (χ1) is 8.39. The van der Waals surface area contributed by atoms with Gasteiger partial charge in [-0.1, -0.05) is 20.8 Å². The van der Waals surface area contributed by atoms with E-state index in [-0.39, 0.29) is 10.5 Å². The summed E-state index contributed by atoms with van der Waals surface area (Å²) in [6, 6.07) is 2.52. The minimum Gasteiger partial charge on any atom is -0.328 e. The van der Waals surface area contributed by atoms with Gasteiger partial charge in [0.1, 0.15) is 0 Å². The van der Waals surface area contributed by atoms with E-state index >= 15 is 0 Å². The molecule has 0 saturated carbocycles. The normalized spacial score (nSPS) is 12.6. The van der Waals surface area contributed by atoms with Crippen molar-refractivity contribution in [3.05, 3.63) is 28.7 Å². The van der Waals surface area contributed by atoms with Crippen LogP contribution in [0.4, 0.5) is 0 Å². The average molecular weight is 272 g/mol. The molecule has 5 nitrogen and oxygen atoms in total. The van der Waals surface area contributed by atoms with Crippen LogP contribution in [0.3, 0.4) is 0 Å². The zero-order valence-electron chi connectivity index (χ0n) is 11.0. The number of sulfonamides is 1. The van der Waals surface area contributed by atoms with Crippen LogP contribution < -0.4 is 10.3 Å². The number of hydrogen-bond donors (Lipinski definition) is 2. The minimum absolute atomic E-state index is 0.0850. The maximum atomic E-state index is 12.2. The molecule has 1 rings (SSSR count). The molecule has 6 heteroatoms. The summed E-state index contributed by atoms with van der Waals surface area (Å²) in [5, 5.41) is 0. The van der Waals surface area contributed by atoms with Crippen LogP contribution >= 0.6 is 0 Å². The van der Waals surface area contributed by atoms with E-state index < -0.39 is 15.6 Å². The zero-order valence-corrected chi connectivity index (χ0v) is 11.8. The van der Waals surface area contributed by atoms with E-state index in [9.17, 15) is 13.2 Å². The Labute approximate surface area is 108 Å². The van der Waals surface area contributed by atoms with Gasteiger partial charge in [-0.05, 0) is 25.3 Å². The molecule has 2 N–H and O–H groups in total. The summed E-state index contributed by atoms with van der Waals surface area (Å²) >= 11 is 0. The molecule has 0 aromatic carbocycles. The molecule has 0 spiro atoms. The SMILES string of the molecule is CCC(CC)(CC)NS(=O)(=O)c1ccc(=O)[nH]c1. The largest absolute Gasteiger partial charge is 0.328 e. The Hall–Kier alpha value is -1.14. The van der Waals surface area contributed by atoms with E-state index in [1.165, 1.54) is 18.3 Å². The second kappa shape index (κ2) is 5.67. The molecule has 0 saturated heterocycles. The van der Waals surface area contributed by atoms with Crippen molar-refractivity contribution in [2.75, 3.05) is 0 Å². The van der Waals surface area contributed by atoms with Gasteiger partial charge < -0.3 is 4.98 Å². The highest BCUT2D eigenvalue weighted by molar-refractivity contribution is 7.89. The van der Waals surface area contributed by atoms with Crippen LogP contribution in [0.15, 0.2) is 28.0 Å². The van der Waals surface area contributed by atoms with Crippen molar-refractivity contribution in [3.63, 3.8) is 0 Å². The third-order valence-corrected chi connectivity index (χ3v) is 5.02. The Kier molecular flexibility index (Phi) is 4.70. The van der Waals surface area contributed by atoms with E-state index in [2.05, 4.69) is 9.71 Å². The highest BCUT2D eigenvalue weighted by atomic mass is 32.2. The minimum atomic E-state index is -3.59. The quantitative estimate of drug-likeness (QED) is 0.826. The van der Waals surface area contributed by atoms with Crippen LogP contribution in [0, 0.1) is 0 Å². The second-order valence-electron chi connectivity index (χ2n) is 4.34. The highest BCUT2D eigenvalue weighted by Crippen LogP contribution is 2.22. The van der Waals surface area contributed by atoms with Crippen LogP contribution in [0.25, 0.3) is 0 Å². The second-order valence-corrected chi connectivity index (χ2v) is 6.02. The number of aromatic amines is 1. The summed E-state index contributed by atoms with van der Waals surface area (Å²) in [5.74, 6) is 0. The van der Waals surface area contributed by atoms with Gasteiger partial charge in [-0.25, -0.2) is 13.1 Å². The van der Waals surface area contributed by atoms with E-state index in [1.54, 1.807) is 0 Å². The van der Waals surface area contributed by atoms with Crippen molar-refractivity contribution in [1.82, 2.24) is 9.71 Å². The maximum absolute atomic E-state index is 12.2. The highest BCUT2D eigenvalue weighted by Gasteiger charge is 2.30. The van der Waals surface area contributed by atoms with Crippen LogP contribution in [0.2, 0.25) is 0 Å². The van der Waals surface area contributed by atoms with Crippen molar-refractivity contribution in [2.45, 2.75) is 50.5 Å². The first kappa shape index (κ1) is 14.9. The first-order valence-corrected chi connectivity index (χ1v) is 7.60. The lowest BCUT2D eigenvalue weighted by atomic mass is 9.91. The topological polar surface area (TPSA) is 79.0 Å². The molecule has 0 aliphatic carbocycles. The lowest BCUT2D eigenvalue weighted by Gasteiger charge is -2.31. The van der Waals surface area contributed by atoms with Gasteiger partial charge in [0.15, 0.2) is 0 Å². The number of H-pyrrole nitrogens is 1. The van der Waals surface area contributed by atoms with Crippen LogP contribution in [0.1, 0.15) is 40.0 Å². The predicted molar refractivity (Wildman–Crippen MR) is 71.0 cm³/mol. The van der Waals surface area contributed by atoms with Gasteiger partial charge in [-0.3, -0.25) is 4.79 Å². The molecule has 0 atom stereocenters. The van der Waals surface area contributed by atoms with E-state index in [4.69, 9.17) is 0 Å². The van der Waals surface area contributed by atoms with Crippen LogP contribution in [-0.4, -0.2) is 18.9 Å². The number of nitrogens with one attached hydrogen (secondary N) is 2. The molecule has 0 aliphatic rings. The fourth-order valence-corrected chi connectivity index (χ4v) is 3.46. The summed E-state index contributed by atoms with van der Waals surface area (Å²) in [4.78, 5) is 13.4. The van der Waals surface area contributed by atoms with Gasteiger partial charge in [0.25, 0.3) is 0 Å². The van der Waals surface area contributed by atoms with E-state index in [0.717, 1.165) is 19.3 Å². The van der Waals surface area contributed by atoms with Gasteiger partial charge in [0, 0.05) is 17.8 Å². The molecule has 0 unspecified atom stereocenters. The Morgan fingerprint density at radius 2 is 1.72 bits per heavy atom. The smallest absolute Gasteiger partial charge is 0.247 e. The lowest BCUT2D eigenvalue weighted by molar-refractivity contribution is 0.341. The summed E-state index contributed by atoms with van der Waals surface area (Å²) in [6.07, 6.45) is 3.39. The van der Waals surface area contributed by atoms with Gasteiger partial charge in [0.05, 0.1) is 4.90 Å². The predicted octanol–water partition coefficient (Wildman–Crippen LogP) is 1.62. The molecule has 0 fully saturated rings. The first-order valence-electron chi connectivity index (χ1n) is 6.12. The molecular weight excluding hydrogens is 252 g/mol. The molecule has 0 bridgehead atoms. The van der Waals surface area contributed by atoms with E-state index in [1.807, 2.05) is 20.8 Å². The molecule has 1 aromatic heterocycles. The molecular formula is C12H20N2O3S. The fourth-order valence-electron chi connectivity index (χ4n) is 1.87. The standard InChI is InChI=1S/C12H20N2O3S/c1-4-12(5-2,6-3)14-18(16,17)10-7-8-11(15)13-9-10/h7-9,14H,4-6H2,1-3H3,(H,13,15). The Bertz CT molecular complexity index is 516. The zero-order chi connectivity index (χ0) is 13.8. The van der Waals surface area contributed by atoms with Crippen molar-refractivity contribution >= 4 is 10.0 Å². The van der Waals surface area contributed by atoms with Gasteiger partial charge in [0.2, 0.25) is 15.6 Å². The molecule has 0 radical (unpaired) electrons. The number of pyridine rings is 1. The summed E-state index contributed by atoms with van der Waals surface area (Å²) < 4.78 is 27.1. The summed E-state index contributed by atoms with van der Waals surface area (Å²) in [5.41, 5.74) is -0.740. The van der Waals surface area contributed by atoms with Crippen molar-refractivity contribution < 1.29 is 8.42 Å². The Morgan fingerprint density at radius 1 is 1.17 bits per heavy atom. The number of rotatable bonds is 6. The van der Waals surface area contributed by atoms with Gasteiger partial charge >= 0.3 is 0 Å².